The quantitative estimate of drug-likeness (QED) is 0.365. The van der Waals surface area contributed by atoms with Crippen LogP contribution in [-0.2, 0) is 9.53 Å². The van der Waals surface area contributed by atoms with Crippen LogP contribution >= 0.6 is 11.6 Å². The van der Waals surface area contributed by atoms with Gasteiger partial charge < -0.3 is 14.2 Å². The highest BCUT2D eigenvalue weighted by Crippen LogP contribution is 2.36. The lowest BCUT2D eigenvalue weighted by molar-refractivity contribution is -0.136. The van der Waals surface area contributed by atoms with Gasteiger partial charge in [-0.1, -0.05) is 11.6 Å². The maximum atomic E-state index is 13.5. The topological polar surface area (TPSA) is 61.8 Å². The summed E-state index contributed by atoms with van der Waals surface area (Å²) < 4.78 is 42.0. The van der Waals surface area contributed by atoms with Crippen molar-refractivity contribution in [3.8, 4) is 11.5 Å². The van der Waals surface area contributed by atoms with Crippen molar-refractivity contribution in [3.05, 3.63) is 64.2 Å². The van der Waals surface area contributed by atoms with Crippen molar-refractivity contribution in [3.63, 3.8) is 0 Å². The van der Waals surface area contributed by atoms with Crippen LogP contribution in [0.3, 0.4) is 0 Å². The Kier molecular flexibility index (Phi) is 7.52. The zero-order valence-electron chi connectivity index (χ0n) is 15.1. The Morgan fingerprint density at radius 2 is 1.93 bits per heavy atom. The van der Waals surface area contributed by atoms with Gasteiger partial charge in [0.1, 0.15) is 11.6 Å². The highest BCUT2D eigenvalue weighted by molar-refractivity contribution is 6.32. The van der Waals surface area contributed by atoms with E-state index >= 15 is 0 Å². The molecule has 0 unspecified atom stereocenters. The Bertz CT molecular complexity index is 912. The molecule has 28 heavy (non-hydrogen) atoms. The molecule has 2 aromatic carbocycles. The molecule has 148 valence electrons. The Morgan fingerprint density at radius 3 is 2.61 bits per heavy atom. The number of halogens is 3. The van der Waals surface area contributed by atoms with E-state index in [1.54, 1.807) is 19.1 Å². The molecule has 0 amide bonds. The molecule has 2 rings (SSSR count). The second-order valence-corrected chi connectivity index (χ2v) is 5.86. The second kappa shape index (κ2) is 9.85. The van der Waals surface area contributed by atoms with Gasteiger partial charge in [0.25, 0.3) is 0 Å². The van der Waals surface area contributed by atoms with Crippen molar-refractivity contribution >= 4 is 29.4 Å². The van der Waals surface area contributed by atoms with E-state index in [0.29, 0.717) is 28.7 Å². The molecule has 0 aliphatic heterocycles. The summed E-state index contributed by atoms with van der Waals surface area (Å²) in [7, 11) is 1.45. The van der Waals surface area contributed by atoms with E-state index in [-0.39, 0.29) is 0 Å². The largest absolute Gasteiger partial charge is 0.491 e. The van der Waals surface area contributed by atoms with Crippen LogP contribution in [0.1, 0.15) is 22.8 Å². The lowest BCUT2D eigenvalue weighted by Gasteiger charge is -2.11. The number of Topliss-reactive ketones (excluding diaryl/α,β-unsaturated/α-hetero) is 1. The molecule has 2 aromatic rings. The number of benzene rings is 2. The number of hydrogen-bond donors (Lipinski definition) is 0. The normalized spacial score (nSPS) is 10.8. The Labute approximate surface area is 165 Å². The zero-order chi connectivity index (χ0) is 20.7. The standard InChI is InChI=1S/C20H17ClF2O5/c1-3-27-18-9-12(8-15(21)20(18)26-2)4-7-19(25)28-11-17(24)14-10-13(22)5-6-16(14)23/h4-10H,3,11H2,1-2H3/b7-4+. The summed E-state index contributed by atoms with van der Waals surface area (Å²) in [5.74, 6) is -2.58. The van der Waals surface area contributed by atoms with Crippen molar-refractivity contribution in [2.75, 3.05) is 20.3 Å². The van der Waals surface area contributed by atoms with Crippen molar-refractivity contribution in [2.45, 2.75) is 6.92 Å². The van der Waals surface area contributed by atoms with Gasteiger partial charge in [-0.25, -0.2) is 13.6 Å². The molecular formula is C20H17ClF2O5. The fourth-order valence-corrected chi connectivity index (χ4v) is 2.58. The molecule has 0 bridgehead atoms. The first-order chi connectivity index (χ1) is 13.3. The molecule has 0 N–H and O–H groups in total. The minimum absolute atomic E-state index is 0.290. The van der Waals surface area contributed by atoms with Gasteiger partial charge in [-0.3, -0.25) is 4.79 Å². The lowest BCUT2D eigenvalue weighted by Crippen LogP contribution is -2.14. The third-order valence-corrected chi connectivity index (χ3v) is 3.80. The van der Waals surface area contributed by atoms with E-state index < -0.39 is 35.6 Å². The van der Waals surface area contributed by atoms with Gasteiger partial charge in [0.05, 0.1) is 24.3 Å². The van der Waals surface area contributed by atoms with Crippen molar-refractivity contribution in [2.24, 2.45) is 0 Å². The molecular weight excluding hydrogens is 394 g/mol. The molecule has 0 saturated heterocycles. The van der Waals surface area contributed by atoms with Gasteiger partial charge in [-0.15, -0.1) is 0 Å². The van der Waals surface area contributed by atoms with Gasteiger partial charge >= 0.3 is 5.97 Å². The first kappa shape index (κ1) is 21.4. The van der Waals surface area contributed by atoms with Crippen LogP contribution in [0, 0.1) is 11.6 Å². The summed E-state index contributed by atoms with van der Waals surface area (Å²) in [6.45, 7) is 1.46. The number of rotatable bonds is 8. The molecule has 0 atom stereocenters. The van der Waals surface area contributed by atoms with E-state index in [4.69, 9.17) is 25.8 Å². The lowest BCUT2D eigenvalue weighted by atomic mass is 10.1. The average molecular weight is 411 g/mol. The van der Waals surface area contributed by atoms with Crippen LogP contribution in [0.15, 0.2) is 36.4 Å². The third kappa shape index (κ3) is 5.53. The first-order valence-electron chi connectivity index (χ1n) is 8.19. The number of ketones is 1. The summed E-state index contributed by atoms with van der Waals surface area (Å²) >= 11 is 6.12. The van der Waals surface area contributed by atoms with Crippen LogP contribution in [0.4, 0.5) is 8.78 Å². The number of methoxy groups -OCH3 is 1. The van der Waals surface area contributed by atoms with Gasteiger partial charge in [-0.2, -0.15) is 0 Å². The van der Waals surface area contributed by atoms with E-state index in [1.807, 2.05) is 0 Å². The summed E-state index contributed by atoms with van der Waals surface area (Å²) in [5.41, 5.74) is 0.0498. The zero-order valence-corrected chi connectivity index (χ0v) is 15.9. The van der Waals surface area contributed by atoms with E-state index in [1.165, 1.54) is 13.2 Å². The molecule has 0 heterocycles. The second-order valence-electron chi connectivity index (χ2n) is 5.46. The monoisotopic (exact) mass is 410 g/mol. The van der Waals surface area contributed by atoms with Gasteiger partial charge in [0, 0.05) is 6.08 Å². The molecule has 0 saturated carbocycles. The summed E-state index contributed by atoms with van der Waals surface area (Å²) in [5, 5.41) is 0.290. The maximum Gasteiger partial charge on any atom is 0.331 e. The molecule has 0 spiro atoms. The van der Waals surface area contributed by atoms with Gasteiger partial charge in [0.15, 0.2) is 18.1 Å². The SMILES string of the molecule is CCOc1cc(/C=C/C(=O)OCC(=O)c2cc(F)ccc2F)cc(Cl)c1OC. The number of esters is 1. The Hall–Kier alpha value is -2.93. The number of carbonyl (C=O) groups excluding carboxylic acids is 2. The predicted molar refractivity (Wildman–Crippen MR) is 99.9 cm³/mol. The van der Waals surface area contributed by atoms with Crippen LogP contribution in [0.2, 0.25) is 5.02 Å². The maximum absolute atomic E-state index is 13.5. The predicted octanol–water partition coefficient (Wildman–Crippen LogP) is 4.46. The first-order valence-corrected chi connectivity index (χ1v) is 8.57. The molecule has 0 aliphatic carbocycles. The molecule has 5 nitrogen and oxygen atoms in total. The highest BCUT2D eigenvalue weighted by atomic mass is 35.5. The smallest absolute Gasteiger partial charge is 0.331 e. The van der Waals surface area contributed by atoms with Crippen molar-refractivity contribution in [1.29, 1.82) is 0 Å². The fraction of sp³-hybridized carbons (Fsp3) is 0.200. The Morgan fingerprint density at radius 1 is 1.18 bits per heavy atom. The van der Waals surface area contributed by atoms with Crippen LogP contribution in [-0.4, -0.2) is 32.1 Å². The highest BCUT2D eigenvalue weighted by Gasteiger charge is 2.15. The van der Waals surface area contributed by atoms with Gasteiger partial charge in [0.2, 0.25) is 5.78 Å². The van der Waals surface area contributed by atoms with E-state index in [9.17, 15) is 18.4 Å². The van der Waals surface area contributed by atoms with Crippen LogP contribution < -0.4 is 9.47 Å². The van der Waals surface area contributed by atoms with Crippen molar-refractivity contribution < 1.29 is 32.6 Å². The van der Waals surface area contributed by atoms with Crippen LogP contribution in [0.5, 0.6) is 11.5 Å². The van der Waals surface area contributed by atoms with Crippen molar-refractivity contribution in [1.82, 2.24) is 0 Å². The minimum atomic E-state index is -0.894. The Balaban J connectivity index is 2.03. The fourth-order valence-electron chi connectivity index (χ4n) is 2.28. The molecule has 0 fully saturated rings. The molecule has 0 aromatic heterocycles. The molecule has 0 radical (unpaired) electrons. The van der Waals surface area contributed by atoms with Gasteiger partial charge in [-0.05, 0) is 48.9 Å². The number of ether oxygens (including phenoxy) is 3. The molecule has 8 heteroatoms. The summed E-state index contributed by atoms with van der Waals surface area (Å²) in [4.78, 5) is 23.7. The summed E-state index contributed by atoms with van der Waals surface area (Å²) in [6, 6.07) is 5.63. The number of hydrogen-bond acceptors (Lipinski definition) is 5. The molecule has 0 aliphatic rings. The van der Waals surface area contributed by atoms with Crippen LogP contribution in [0.25, 0.3) is 6.08 Å². The number of carbonyl (C=O) groups is 2. The third-order valence-electron chi connectivity index (χ3n) is 3.52. The average Bonchev–Trinajstić information content (AvgIpc) is 2.66. The minimum Gasteiger partial charge on any atom is -0.491 e. The summed E-state index contributed by atoms with van der Waals surface area (Å²) in [6.07, 6.45) is 2.48. The van der Waals surface area contributed by atoms with E-state index in [0.717, 1.165) is 24.3 Å². The van der Waals surface area contributed by atoms with E-state index in [2.05, 4.69) is 0 Å².